The second-order valence-corrected chi connectivity index (χ2v) is 2.82. The van der Waals surface area contributed by atoms with Crippen LogP contribution in [0.15, 0.2) is 24.3 Å². The number of allylic oxidation sites excluding steroid dienone is 2. The van der Waals surface area contributed by atoms with Crippen molar-refractivity contribution in [3.8, 4) is 0 Å². The maximum atomic E-state index is 3.23. The number of hydrogen-bond acceptors (Lipinski definition) is 2. The van der Waals surface area contributed by atoms with Crippen LogP contribution in [0.25, 0.3) is 0 Å². The first kappa shape index (κ1) is 6.13. The fourth-order valence-corrected chi connectivity index (χ4v) is 1.51. The molecular formula is C8H12N2. The fraction of sp³-hybridized carbons (Fsp3) is 0.500. The van der Waals surface area contributed by atoms with Gasteiger partial charge in [-0.25, -0.2) is 0 Å². The average molecular weight is 136 g/mol. The molecule has 1 aliphatic carbocycles. The summed E-state index contributed by atoms with van der Waals surface area (Å²) >= 11 is 0. The van der Waals surface area contributed by atoms with Crippen molar-refractivity contribution in [1.29, 1.82) is 0 Å². The van der Waals surface area contributed by atoms with Gasteiger partial charge in [0.05, 0.1) is 0 Å². The molecule has 0 saturated carbocycles. The van der Waals surface area contributed by atoms with E-state index in [2.05, 4.69) is 35.2 Å². The Morgan fingerprint density at radius 2 is 2.10 bits per heavy atom. The smallest absolute Gasteiger partial charge is 0.0459 e. The first-order chi connectivity index (χ1) is 4.97. The molecule has 0 aromatic carbocycles. The number of fused-ring (bicyclic) bond motifs is 1. The summed E-state index contributed by atoms with van der Waals surface area (Å²) in [7, 11) is 0. The Balaban J connectivity index is 2.09. The van der Waals surface area contributed by atoms with E-state index < -0.39 is 0 Å². The minimum absolute atomic E-state index is 0.527. The van der Waals surface area contributed by atoms with Crippen LogP contribution in [0, 0.1) is 5.92 Å². The van der Waals surface area contributed by atoms with Crippen molar-refractivity contribution in [2.24, 2.45) is 5.92 Å². The van der Waals surface area contributed by atoms with E-state index >= 15 is 0 Å². The Labute approximate surface area is 61.0 Å². The Morgan fingerprint density at radius 1 is 1.20 bits per heavy atom. The minimum Gasteiger partial charge on any atom is -0.257 e. The van der Waals surface area contributed by atoms with Crippen molar-refractivity contribution < 1.29 is 0 Å². The van der Waals surface area contributed by atoms with Crippen LogP contribution in [-0.4, -0.2) is 12.6 Å². The maximum Gasteiger partial charge on any atom is 0.0459 e. The molecule has 2 aliphatic rings. The van der Waals surface area contributed by atoms with Crippen LogP contribution in [-0.2, 0) is 0 Å². The third kappa shape index (κ3) is 1.00. The van der Waals surface area contributed by atoms with Crippen LogP contribution in [0.4, 0.5) is 0 Å². The van der Waals surface area contributed by atoms with Crippen molar-refractivity contribution in [2.75, 3.05) is 6.54 Å². The lowest BCUT2D eigenvalue weighted by molar-refractivity contribution is 0.323. The van der Waals surface area contributed by atoms with Gasteiger partial charge < -0.3 is 0 Å². The summed E-state index contributed by atoms with van der Waals surface area (Å²) in [6, 6.07) is 0.527. The van der Waals surface area contributed by atoms with Gasteiger partial charge in [0.25, 0.3) is 0 Å². The summed E-state index contributed by atoms with van der Waals surface area (Å²) in [5.74, 6) is 0.714. The van der Waals surface area contributed by atoms with Gasteiger partial charge in [-0.3, -0.25) is 10.9 Å². The molecule has 2 atom stereocenters. The van der Waals surface area contributed by atoms with E-state index in [-0.39, 0.29) is 0 Å². The minimum atomic E-state index is 0.527. The summed E-state index contributed by atoms with van der Waals surface area (Å²) in [4.78, 5) is 0. The van der Waals surface area contributed by atoms with E-state index in [0.29, 0.717) is 12.0 Å². The predicted octanol–water partition coefficient (Wildman–Crippen LogP) is 0.595. The van der Waals surface area contributed by atoms with Gasteiger partial charge in [-0.15, -0.1) is 0 Å². The van der Waals surface area contributed by atoms with Gasteiger partial charge >= 0.3 is 0 Å². The first-order valence-electron chi connectivity index (χ1n) is 3.80. The first-order valence-corrected chi connectivity index (χ1v) is 3.80. The number of nitrogens with one attached hydrogen (secondary N) is 2. The Morgan fingerprint density at radius 3 is 3.00 bits per heavy atom. The Hall–Kier alpha value is -0.600. The van der Waals surface area contributed by atoms with Gasteiger partial charge in [0, 0.05) is 12.6 Å². The van der Waals surface area contributed by atoms with Crippen molar-refractivity contribution in [3.05, 3.63) is 24.3 Å². The molecule has 2 unspecified atom stereocenters. The third-order valence-electron chi connectivity index (χ3n) is 2.12. The van der Waals surface area contributed by atoms with Crippen molar-refractivity contribution in [2.45, 2.75) is 12.5 Å². The van der Waals surface area contributed by atoms with E-state index in [0.717, 1.165) is 6.54 Å². The molecule has 0 aromatic rings. The highest BCUT2D eigenvalue weighted by atomic mass is 15.4. The number of hydrogen-bond donors (Lipinski definition) is 2. The highest BCUT2D eigenvalue weighted by Gasteiger charge is 2.20. The molecule has 0 radical (unpaired) electrons. The van der Waals surface area contributed by atoms with Crippen LogP contribution in [0.1, 0.15) is 6.42 Å². The van der Waals surface area contributed by atoms with E-state index in [1.165, 1.54) is 6.42 Å². The van der Waals surface area contributed by atoms with Crippen LogP contribution >= 0.6 is 0 Å². The van der Waals surface area contributed by atoms with E-state index in [1.807, 2.05) is 0 Å². The lowest BCUT2D eigenvalue weighted by atomic mass is 9.91. The SMILES string of the molecule is C1=CC2CCNNC2C=C1. The van der Waals surface area contributed by atoms with Crippen LogP contribution in [0.5, 0.6) is 0 Å². The Kier molecular flexibility index (Phi) is 1.57. The second-order valence-electron chi connectivity index (χ2n) is 2.82. The monoisotopic (exact) mass is 136 g/mol. The third-order valence-corrected chi connectivity index (χ3v) is 2.12. The zero-order chi connectivity index (χ0) is 6.81. The Bertz CT molecular complexity index is 152. The van der Waals surface area contributed by atoms with E-state index in [4.69, 9.17) is 0 Å². The molecule has 54 valence electrons. The molecule has 2 heteroatoms. The predicted molar refractivity (Wildman–Crippen MR) is 41.3 cm³/mol. The molecule has 10 heavy (non-hydrogen) atoms. The molecule has 1 saturated heterocycles. The summed E-state index contributed by atoms with van der Waals surface area (Å²) in [5.41, 5.74) is 6.38. The van der Waals surface area contributed by atoms with Gasteiger partial charge in [0.1, 0.15) is 0 Å². The van der Waals surface area contributed by atoms with Gasteiger partial charge in [-0.2, -0.15) is 0 Å². The molecule has 1 fully saturated rings. The molecular weight excluding hydrogens is 124 g/mol. The van der Waals surface area contributed by atoms with Crippen LogP contribution < -0.4 is 10.9 Å². The lowest BCUT2D eigenvalue weighted by Gasteiger charge is -2.30. The molecule has 0 bridgehead atoms. The van der Waals surface area contributed by atoms with E-state index in [9.17, 15) is 0 Å². The largest absolute Gasteiger partial charge is 0.257 e. The lowest BCUT2D eigenvalue weighted by Crippen LogP contribution is -2.49. The van der Waals surface area contributed by atoms with Crippen molar-refractivity contribution in [1.82, 2.24) is 10.9 Å². The fourth-order valence-electron chi connectivity index (χ4n) is 1.51. The topological polar surface area (TPSA) is 24.1 Å². The zero-order valence-electron chi connectivity index (χ0n) is 5.88. The van der Waals surface area contributed by atoms with Crippen molar-refractivity contribution in [3.63, 3.8) is 0 Å². The zero-order valence-corrected chi connectivity index (χ0v) is 5.88. The second kappa shape index (κ2) is 2.56. The molecule has 1 heterocycles. The summed E-state index contributed by atoms with van der Waals surface area (Å²) in [5, 5.41) is 0. The quantitative estimate of drug-likeness (QED) is 0.509. The molecule has 0 amide bonds. The van der Waals surface area contributed by atoms with E-state index in [1.54, 1.807) is 0 Å². The normalized spacial score (nSPS) is 37.6. The average Bonchev–Trinajstić information content (AvgIpc) is 2.05. The molecule has 1 aliphatic heterocycles. The molecule has 2 nitrogen and oxygen atoms in total. The highest BCUT2D eigenvalue weighted by Crippen LogP contribution is 2.17. The van der Waals surface area contributed by atoms with Crippen LogP contribution in [0.3, 0.4) is 0 Å². The molecule has 0 aromatic heterocycles. The number of hydrazine groups is 1. The standard InChI is InChI=1S/C8H12N2/c1-2-4-8-7(3-1)5-6-9-10-8/h1-4,7-10H,5-6H2. The van der Waals surface area contributed by atoms with Crippen LogP contribution in [0.2, 0.25) is 0 Å². The van der Waals surface area contributed by atoms with Crippen molar-refractivity contribution >= 4 is 0 Å². The van der Waals surface area contributed by atoms with Gasteiger partial charge in [0.2, 0.25) is 0 Å². The maximum absolute atomic E-state index is 3.23. The molecule has 0 spiro atoms. The van der Waals surface area contributed by atoms with Gasteiger partial charge in [-0.1, -0.05) is 24.3 Å². The summed E-state index contributed by atoms with van der Waals surface area (Å²) in [6.45, 7) is 1.08. The molecule has 2 rings (SSSR count). The summed E-state index contributed by atoms with van der Waals surface area (Å²) in [6.07, 6.45) is 9.96. The summed E-state index contributed by atoms with van der Waals surface area (Å²) < 4.78 is 0. The molecule has 2 N–H and O–H groups in total. The van der Waals surface area contributed by atoms with Gasteiger partial charge in [-0.05, 0) is 12.3 Å². The number of rotatable bonds is 0. The van der Waals surface area contributed by atoms with Gasteiger partial charge in [0.15, 0.2) is 0 Å². The highest BCUT2D eigenvalue weighted by molar-refractivity contribution is 5.17.